The number of hydrogen-bond acceptors (Lipinski definition) is 5. The van der Waals surface area contributed by atoms with Gasteiger partial charge in [-0.15, -0.1) is 0 Å². The molecular formula is C17H23N3O3. The SMILES string of the molecule is C[C@H](COc1cccc2ccc(N)nc12)NC(=O)OC(C)(C)C. The first-order valence-corrected chi connectivity index (χ1v) is 7.52. The van der Waals surface area contributed by atoms with Crippen molar-refractivity contribution >= 4 is 22.8 Å². The largest absolute Gasteiger partial charge is 0.489 e. The van der Waals surface area contributed by atoms with Gasteiger partial charge in [-0.3, -0.25) is 0 Å². The molecule has 23 heavy (non-hydrogen) atoms. The Labute approximate surface area is 136 Å². The summed E-state index contributed by atoms with van der Waals surface area (Å²) >= 11 is 0. The molecule has 0 bridgehead atoms. The third-order valence-corrected chi connectivity index (χ3v) is 2.96. The fraction of sp³-hybridized carbons (Fsp3) is 0.412. The van der Waals surface area contributed by atoms with Crippen molar-refractivity contribution in [3.8, 4) is 5.75 Å². The van der Waals surface area contributed by atoms with Gasteiger partial charge in [0.05, 0.1) is 6.04 Å². The van der Waals surface area contributed by atoms with Crippen LogP contribution in [-0.4, -0.2) is 29.3 Å². The number of aromatic nitrogens is 1. The summed E-state index contributed by atoms with van der Waals surface area (Å²) in [4.78, 5) is 16.0. The number of nitrogens with zero attached hydrogens (tertiary/aromatic N) is 1. The predicted octanol–water partition coefficient (Wildman–Crippen LogP) is 3.11. The maximum absolute atomic E-state index is 11.7. The van der Waals surface area contributed by atoms with Crippen LogP contribution in [0.3, 0.4) is 0 Å². The van der Waals surface area contributed by atoms with Crippen molar-refractivity contribution in [3.05, 3.63) is 30.3 Å². The van der Waals surface area contributed by atoms with Crippen molar-refractivity contribution in [2.24, 2.45) is 0 Å². The molecule has 1 heterocycles. The van der Waals surface area contributed by atoms with Crippen LogP contribution in [0.4, 0.5) is 10.6 Å². The molecule has 2 aromatic rings. The Morgan fingerprint density at radius 3 is 2.74 bits per heavy atom. The molecule has 6 heteroatoms. The van der Waals surface area contributed by atoms with Crippen LogP contribution in [-0.2, 0) is 4.74 Å². The molecule has 0 saturated heterocycles. The second-order valence-electron chi connectivity index (χ2n) is 6.42. The van der Waals surface area contributed by atoms with Gasteiger partial charge in [-0.25, -0.2) is 9.78 Å². The van der Waals surface area contributed by atoms with Gasteiger partial charge >= 0.3 is 6.09 Å². The summed E-state index contributed by atoms with van der Waals surface area (Å²) in [5, 5.41) is 3.68. The van der Waals surface area contributed by atoms with Crippen molar-refractivity contribution in [1.82, 2.24) is 10.3 Å². The highest BCUT2D eigenvalue weighted by atomic mass is 16.6. The van der Waals surface area contributed by atoms with Gasteiger partial charge in [0.1, 0.15) is 29.3 Å². The third kappa shape index (κ3) is 5.02. The summed E-state index contributed by atoms with van der Waals surface area (Å²) in [5.74, 6) is 1.07. The summed E-state index contributed by atoms with van der Waals surface area (Å²) in [6, 6.07) is 9.10. The molecule has 1 amide bonds. The number of ether oxygens (including phenoxy) is 2. The first-order valence-electron chi connectivity index (χ1n) is 7.52. The van der Waals surface area contributed by atoms with Crippen LogP contribution in [0.1, 0.15) is 27.7 Å². The minimum Gasteiger partial charge on any atom is -0.489 e. The zero-order chi connectivity index (χ0) is 17.0. The molecule has 1 aromatic carbocycles. The number of carbonyl (C=O) groups is 1. The smallest absolute Gasteiger partial charge is 0.407 e. The Morgan fingerprint density at radius 1 is 1.30 bits per heavy atom. The monoisotopic (exact) mass is 317 g/mol. The van der Waals surface area contributed by atoms with Gasteiger partial charge in [-0.05, 0) is 45.9 Å². The molecule has 3 N–H and O–H groups in total. The van der Waals surface area contributed by atoms with Gasteiger partial charge in [-0.1, -0.05) is 12.1 Å². The maximum atomic E-state index is 11.7. The van der Waals surface area contributed by atoms with Gasteiger partial charge < -0.3 is 20.5 Å². The van der Waals surface area contributed by atoms with E-state index in [0.29, 0.717) is 23.7 Å². The molecule has 1 aromatic heterocycles. The van der Waals surface area contributed by atoms with Gasteiger partial charge in [0, 0.05) is 5.39 Å². The molecule has 6 nitrogen and oxygen atoms in total. The normalized spacial score (nSPS) is 12.7. The molecular weight excluding hydrogens is 294 g/mol. The summed E-state index contributed by atoms with van der Waals surface area (Å²) in [6.45, 7) is 7.60. The van der Waals surface area contributed by atoms with Crippen molar-refractivity contribution in [2.45, 2.75) is 39.3 Å². The van der Waals surface area contributed by atoms with Crippen LogP contribution in [0.5, 0.6) is 5.75 Å². The Hall–Kier alpha value is -2.50. The zero-order valence-electron chi connectivity index (χ0n) is 13.9. The van der Waals surface area contributed by atoms with E-state index in [-0.39, 0.29) is 6.04 Å². The Morgan fingerprint density at radius 2 is 2.04 bits per heavy atom. The number of hydrogen-bond donors (Lipinski definition) is 2. The Balaban J connectivity index is 1.98. The van der Waals surface area contributed by atoms with Gasteiger partial charge in [0.25, 0.3) is 0 Å². The molecule has 0 aliphatic heterocycles. The number of pyridine rings is 1. The van der Waals surface area contributed by atoms with Gasteiger partial charge in [0.15, 0.2) is 0 Å². The fourth-order valence-corrected chi connectivity index (χ4v) is 2.02. The van der Waals surface area contributed by atoms with E-state index in [1.807, 2.05) is 52.0 Å². The van der Waals surface area contributed by atoms with E-state index in [2.05, 4.69) is 10.3 Å². The molecule has 1 atom stereocenters. The highest BCUT2D eigenvalue weighted by molar-refractivity contribution is 5.85. The maximum Gasteiger partial charge on any atom is 0.407 e. The minimum absolute atomic E-state index is 0.207. The molecule has 2 rings (SSSR count). The lowest BCUT2D eigenvalue weighted by molar-refractivity contribution is 0.0494. The number of carbonyl (C=O) groups excluding carboxylic acids is 1. The standard InChI is InChI=1S/C17H23N3O3/c1-11(19-16(21)23-17(2,3)4)10-22-13-7-5-6-12-8-9-14(18)20-15(12)13/h5-9,11H,10H2,1-4H3,(H2,18,20)(H,19,21)/t11-/m1/s1. The van der Waals surface area contributed by atoms with Crippen LogP contribution in [0.15, 0.2) is 30.3 Å². The Bertz CT molecular complexity index is 695. The van der Waals surface area contributed by atoms with E-state index >= 15 is 0 Å². The van der Waals surface area contributed by atoms with Gasteiger partial charge in [-0.2, -0.15) is 0 Å². The number of alkyl carbamates (subject to hydrolysis) is 1. The van der Waals surface area contributed by atoms with Crippen LogP contribution < -0.4 is 15.8 Å². The summed E-state index contributed by atoms with van der Waals surface area (Å²) in [6.07, 6.45) is -0.464. The van der Waals surface area contributed by atoms with Crippen molar-refractivity contribution in [3.63, 3.8) is 0 Å². The number of nitrogen functional groups attached to an aromatic ring is 1. The molecule has 124 valence electrons. The van der Waals surface area contributed by atoms with E-state index in [4.69, 9.17) is 15.2 Å². The highest BCUT2D eigenvalue weighted by Gasteiger charge is 2.18. The third-order valence-electron chi connectivity index (χ3n) is 2.96. The molecule has 0 unspecified atom stereocenters. The lowest BCUT2D eigenvalue weighted by atomic mass is 10.2. The number of amides is 1. The lowest BCUT2D eigenvalue weighted by Crippen LogP contribution is -2.40. The second kappa shape index (κ2) is 6.73. The molecule has 0 saturated carbocycles. The van der Waals surface area contributed by atoms with E-state index in [1.165, 1.54) is 0 Å². The summed E-state index contributed by atoms with van der Waals surface area (Å²) < 4.78 is 11.0. The zero-order valence-corrected chi connectivity index (χ0v) is 13.9. The molecule has 0 fully saturated rings. The van der Waals surface area contributed by atoms with Crippen LogP contribution in [0.25, 0.3) is 10.9 Å². The number of fused-ring (bicyclic) bond motifs is 1. The number of nitrogens with two attached hydrogens (primary N) is 1. The lowest BCUT2D eigenvalue weighted by Gasteiger charge is -2.22. The molecule has 0 aliphatic rings. The quantitative estimate of drug-likeness (QED) is 0.905. The second-order valence-corrected chi connectivity index (χ2v) is 6.42. The first-order chi connectivity index (χ1) is 10.7. The number of nitrogens with one attached hydrogen (secondary N) is 1. The number of rotatable bonds is 4. The van der Waals surface area contributed by atoms with Crippen molar-refractivity contribution in [2.75, 3.05) is 12.3 Å². The molecule has 0 radical (unpaired) electrons. The minimum atomic E-state index is -0.526. The van der Waals surface area contributed by atoms with Crippen LogP contribution in [0.2, 0.25) is 0 Å². The van der Waals surface area contributed by atoms with Crippen LogP contribution in [0, 0.1) is 0 Å². The van der Waals surface area contributed by atoms with Crippen molar-refractivity contribution in [1.29, 1.82) is 0 Å². The molecule has 0 spiro atoms. The summed E-state index contributed by atoms with van der Waals surface area (Å²) in [7, 11) is 0. The molecule has 0 aliphatic carbocycles. The van der Waals surface area contributed by atoms with Gasteiger partial charge in [0.2, 0.25) is 0 Å². The van der Waals surface area contributed by atoms with Crippen molar-refractivity contribution < 1.29 is 14.3 Å². The first kappa shape index (κ1) is 16.9. The summed E-state index contributed by atoms with van der Waals surface area (Å²) in [5.41, 5.74) is 5.91. The number of benzene rings is 1. The highest BCUT2D eigenvalue weighted by Crippen LogP contribution is 2.24. The number of anilines is 1. The van der Waals surface area contributed by atoms with Crippen LogP contribution >= 0.6 is 0 Å². The van der Waals surface area contributed by atoms with E-state index in [0.717, 1.165) is 5.39 Å². The van der Waals surface area contributed by atoms with E-state index < -0.39 is 11.7 Å². The van der Waals surface area contributed by atoms with E-state index in [1.54, 1.807) is 6.07 Å². The predicted molar refractivity (Wildman–Crippen MR) is 90.5 cm³/mol. The fourth-order valence-electron chi connectivity index (χ4n) is 2.02. The average molecular weight is 317 g/mol. The van der Waals surface area contributed by atoms with E-state index in [9.17, 15) is 4.79 Å². The topological polar surface area (TPSA) is 86.5 Å². The average Bonchev–Trinajstić information content (AvgIpc) is 2.42. The Kier molecular flexibility index (Phi) is 4.93. The number of para-hydroxylation sites is 1.